The first-order chi connectivity index (χ1) is 6.93. The summed E-state index contributed by atoms with van der Waals surface area (Å²) in [6.45, 7) is 0. The Morgan fingerprint density at radius 1 is 0.933 bits per heavy atom. The van der Waals surface area contributed by atoms with Gasteiger partial charge in [0.25, 0.3) is 15.7 Å². The molecule has 15 heavy (non-hydrogen) atoms. The van der Waals surface area contributed by atoms with Crippen molar-refractivity contribution in [1.29, 1.82) is 0 Å². The molecule has 4 nitrogen and oxygen atoms in total. The van der Waals surface area contributed by atoms with Gasteiger partial charge in [0.05, 0.1) is 5.56 Å². The van der Waals surface area contributed by atoms with Crippen molar-refractivity contribution in [3.05, 3.63) is 29.1 Å². The van der Waals surface area contributed by atoms with E-state index in [1.807, 2.05) is 0 Å². The average molecular weight is 266 g/mol. The Kier molecular flexibility index (Phi) is 3.79. The number of aromatic nitrogens is 1. The SMILES string of the molecule is O=C(Cl)c1ccc(C(=O)Cl)c(C(=O)Cl)n1. The maximum Gasteiger partial charge on any atom is 0.271 e. The zero-order chi connectivity index (χ0) is 11.6. The lowest BCUT2D eigenvalue weighted by Crippen LogP contribution is -2.07. The monoisotopic (exact) mass is 265 g/mol. The third-order valence-corrected chi connectivity index (χ3v) is 2.07. The number of hydrogen-bond acceptors (Lipinski definition) is 4. The fourth-order valence-corrected chi connectivity index (χ4v) is 1.28. The van der Waals surface area contributed by atoms with E-state index in [9.17, 15) is 14.4 Å². The molecular weight excluding hydrogens is 264 g/mol. The van der Waals surface area contributed by atoms with Gasteiger partial charge in [-0.3, -0.25) is 14.4 Å². The molecule has 0 fully saturated rings. The minimum Gasteiger partial charge on any atom is -0.276 e. The molecule has 0 unspecified atom stereocenters. The van der Waals surface area contributed by atoms with Crippen molar-refractivity contribution >= 4 is 50.5 Å². The number of pyridine rings is 1. The predicted molar refractivity (Wildman–Crippen MR) is 54.8 cm³/mol. The fourth-order valence-electron chi connectivity index (χ4n) is 0.877. The molecule has 0 aliphatic rings. The highest BCUT2D eigenvalue weighted by Crippen LogP contribution is 2.14. The number of carbonyl (C=O) groups excluding carboxylic acids is 3. The molecule has 0 N–H and O–H groups in total. The predicted octanol–water partition coefficient (Wildman–Crippen LogP) is 2.22. The Morgan fingerprint density at radius 3 is 1.93 bits per heavy atom. The smallest absolute Gasteiger partial charge is 0.271 e. The molecule has 0 radical (unpaired) electrons. The van der Waals surface area contributed by atoms with Crippen LogP contribution < -0.4 is 0 Å². The molecule has 1 aromatic rings. The van der Waals surface area contributed by atoms with Crippen molar-refractivity contribution in [2.75, 3.05) is 0 Å². The van der Waals surface area contributed by atoms with Crippen molar-refractivity contribution < 1.29 is 14.4 Å². The standard InChI is InChI=1S/C8H2Cl3NO3/c9-6(13)3-1-2-4(7(10)14)12-5(3)8(11)15/h1-2H. The van der Waals surface area contributed by atoms with E-state index in [-0.39, 0.29) is 17.0 Å². The van der Waals surface area contributed by atoms with Crippen LogP contribution >= 0.6 is 34.8 Å². The van der Waals surface area contributed by atoms with Crippen molar-refractivity contribution in [1.82, 2.24) is 4.98 Å². The summed E-state index contributed by atoms with van der Waals surface area (Å²) >= 11 is 15.5. The van der Waals surface area contributed by atoms with Gasteiger partial charge in [0.2, 0.25) is 0 Å². The van der Waals surface area contributed by atoms with E-state index in [0.717, 1.165) is 6.07 Å². The molecule has 0 aliphatic heterocycles. The van der Waals surface area contributed by atoms with Crippen LogP contribution in [0.1, 0.15) is 31.3 Å². The third-order valence-electron chi connectivity index (χ3n) is 1.49. The Balaban J connectivity index is 3.40. The molecule has 0 aliphatic carbocycles. The van der Waals surface area contributed by atoms with Crippen molar-refractivity contribution in [3.63, 3.8) is 0 Å². The van der Waals surface area contributed by atoms with E-state index in [1.54, 1.807) is 0 Å². The average Bonchev–Trinajstić information content (AvgIpc) is 2.16. The molecule has 0 atom stereocenters. The largest absolute Gasteiger partial charge is 0.276 e. The highest BCUT2D eigenvalue weighted by atomic mass is 35.5. The lowest BCUT2D eigenvalue weighted by Gasteiger charge is -2.01. The molecule has 0 bridgehead atoms. The Labute approximate surface area is 99.1 Å². The highest BCUT2D eigenvalue weighted by molar-refractivity contribution is 6.72. The zero-order valence-electron chi connectivity index (χ0n) is 6.96. The summed E-state index contributed by atoms with van der Waals surface area (Å²) in [6.07, 6.45) is 0. The van der Waals surface area contributed by atoms with Gasteiger partial charge in [-0.1, -0.05) is 0 Å². The van der Waals surface area contributed by atoms with Crippen LogP contribution in [-0.4, -0.2) is 20.7 Å². The lowest BCUT2D eigenvalue weighted by atomic mass is 10.2. The number of hydrogen-bond donors (Lipinski definition) is 0. The van der Waals surface area contributed by atoms with E-state index >= 15 is 0 Å². The quantitative estimate of drug-likeness (QED) is 0.787. The van der Waals surface area contributed by atoms with E-state index in [4.69, 9.17) is 34.8 Å². The molecule has 0 spiro atoms. The second-order valence-corrected chi connectivity index (χ2v) is 3.44. The van der Waals surface area contributed by atoms with Crippen LogP contribution in [0.5, 0.6) is 0 Å². The number of carbonyl (C=O) groups is 3. The minimum atomic E-state index is -0.987. The van der Waals surface area contributed by atoms with Crippen LogP contribution in [0.25, 0.3) is 0 Å². The molecule has 0 saturated heterocycles. The Hall–Kier alpha value is -0.970. The number of nitrogens with zero attached hydrogens (tertiary/aromatic N) is 1. The van der Waals surface area contributed by atoms with Crippen molar-refractivity contribution in [3.8, 4) is 0 Å². The van der Waals surface area contributed by atoms with Gasteiger partial charge in [0.1, 0.15) is 11.4 Å². The molecular formula is C8H2Cl3NO3. The zero-order valence-corrected chi connectivity index (χ0v) is 9.23. The highest BCUT2D eigenvalue weighted by Gasteiger charge is 2.18. The van der Waals surface area contributed by atoms with E-state index in [0.29, 0.717) is 0 Å². The van der Waals surface area contributed by atoms with Crippen LogP contribution in [0.3, 0.4) is 0 Å². The van der Waals surface area contributed by atoms with Crippen LogP contribution in [0, 0.1) is 0 Å². The fraction of sp³-hybridized carbons (Fsp3) is 0. The van der Waals surface area contributed by atoms with Gasteiger partial charge in [-0.25, -0.2) is 4.98 Å². The molecule has 1 heterocycles. The minimum absolute atomic E-state index is 0.168. The Bertz CT molecular complexity index is 458. The van der Waals surface area contributed by atoms with E-state index in [2.05, 4.69) is 4.98 Å². The number of rotatable bonds is 3. The summed E-state index contributed by atoms with van der Waals surface area (Å²) in [5.41, 5.74) is -0.733. The Morgan fingerprint density at radius 2 is 1.53 bits per heavy atom. The van der Waals surface area contributed by atoms with Gasteiger partial charge in [-0.15, -0.1) is 0 Å². The molecule has 1 rings (SSSR count). The summed E-state index contributed by atoms with van der Waals surface area (Å²) in [7, 11) is 0. The van der Waals surface area contributed by atoms with Gasteiger partial charge in [0, 0.05) is 0 Å². The first-order valence-corrected chi connectivity index (χ1v) is 4.67. The normalized spacial score (nSPS) is 9.80. The van der Waals surface area contributed by atoms with Gasteiger partial charge in [-0.05, 0) is 46.9 Å². The van der Waals surface area contributed by atoms with Crippen LogP contribution in [0.4, 0.5) is 0 Å². The molecule has 7 heteroatoms. The maximum atomic E-state index is 10.9. The summed E-state index contributed by atoms with van der Waals surface area (Å²) in [4.78, 5) is 36.0. The van der Waals surface area contributed by atoms with Crippen LogP contribution in [0.15, 0.2) is 12.1 Å². The first-order valence-electron chi connectivity index (χ1n) is 3.54. The molecule has 0 aromatic carbocycles. The van der Waals surface area contributed by atoms with Crippen molar-refractivity contribution in [2.24, 2.45) is 0 Å². The number of halogens is 3. The van der Waals surface area contributed by atoms with E-state index < -0.39 is 15.7 Å². The van der Waals surface area contributed by atoms with Crippen LogP contribution in [0.2, 0.25) is 0 Å². The molecule has 0 saturated carbocycles. The molecule has 1 aromatic heterocycles. The van der Waals surface area contributed by atoms with Gasteiger partial charge < -0.3 is 0 Å². The van der Waals surface area contributed by atoms with E-state index in [1.165, 1.54) is 6.07 Å². The van der Waals surface area contributed by atoms with Gasteiger partial charge in [0.15, 0.2) is 0 Å². The van der Waals surface area contributed by atoms with Crippen LogP contribution in [-0.2, 0) is 0 Å². The molecule has 0 amide bonds. The first kappa shape index (κ1) is 12.1. The topological polar surface area (TPSA) is 64.1 Å². The third kappa shape index (κ3) is 2.75. The second-order valence-electron chi connectivity index (χ2n) is 2.41. The summed E-state index contributed by atoms with van der Waals surface area (Å²) < 4.78 is 0. The lowest BCUT2D eigenvalue weighted by molar-refractivity contribution is 0.104. The summed E-state index contributed by atoms with van der Waals surface area (Å²) in [5, 5.41) is -2.73. The maximum absolute atomic E-state index is 10.9. The molecule has 78 valence electrons. The van der Waals surface area contributed by atoms with Gasteiger partial charge >= 0.3 is 0 Å². The van der Waals surface area contributed by atoms with Gasteiger partial charge in [-0.2, -0.15) is 0 Å². The second kappa shape index (κ2) is 4.70. The summed E-state index contributed by atoms with van der Waals surface area (Å²) in [5.74, 6) is 0. The summed E-state index contributed by atoms with van der Waals surface area (Å²) in [6, 6.07) is 2.34. The van der Waals surface area contributed by atoms with Crippen molar-refractivity contribution in [2.45, 2.75) is 0 Å².